The number of hydrogen-bond donors (Lipinski definition) is 2. The molecule has 1 aromatic rings. The first-order chi connectivity index (χ1) is 10.1. The second-order valence-electron chi connectivity index (χ2n) is 6.57. The van der Waals surface area contributed by atoms with Gasteiger partial charge in [0, 0.05) is 32.0 Å². The molecule has 0 saturated heterocycles. The second kappa shape index (κ2) is 6.13. The van der Waals surface area contributed by atoms with Crippen LogP contribution in [0.4, 0.5) is 0 Å². The van der Waals surface area contributed by atoms with E-state index >= 15 is 0 Å². The quantitative estimate of drug-likeness (QED) is 0.852. The van der Waals surface area contributed by atoms with Crippen LogP contribution in [0.3, 0.4) is 0 Å². The van der Waals surface area contributed by atoms with Crippen molar-refractivity contribution < 1.29 is 4.79 Å². The Morgan fingerprint density at radius 3 is 2.76 bits per heavy atom. The highest BCUT2D eigenvalue weighted by Crippen LogP contribution is 2.41. The van der Waals surface area contributed by atoms with Crippen molar-refractivity contribution in [3.63, 3.8) is 0 Å². The molecule has 2 saturated carbocycles. The summed E-state index contributed by atoms with van der Waals surface area (Å²) in [5, 5.41) is 7.26. The minimum absolute atomic E-state index is 0.150. The van der Waals surface area contributed by atoms with Crippen molar-refractivity contribution >= 4 is 5.91 Å². The topological polar surface area (TPSA) is 85.8 Å². The van der Waals surface area contributed by atoms with Crippen LogP contribution in [0.25, 0.3) is 0 Å². The summed E-state index contributed by atoms with van der Waals surface area (Å²) in [7, 11) is 1.85. The van der Waals surface area contributed by atoms with Crippen LogP contribution in [0.2, 0.25) is 0 Å². The molecule has 116 valence electrons. The highest BCUT2D eigenvalue weighted by molar-refractivity contribution is 5.78. The Kier molecular flexibility index (Phi) is 4.24. The first-order valence-electron chi connectivity index (χ1n) is 8.01. The molecule has 2 aliphatic rings. The fourth-order valence-corrected chi connectivity index (χ4v) is 3.94. The molecule has 3 N–H and O–H groups in total. The Labute approximate surface area is 125 Å². The van der Waals surface area contributed by atoms with Gasteiger partial charge in [-0.05, 0) is 37.5 Å². The third kappa shape index (κ3) is 3.26. The lowest BCUT2D eigenvalue weighted by Gasteiger charge is -2.43. The van der Waals surface area contributed by atoms with Crippen molar-refractivity contribution in [3.8, 4) is 0 Å². The molecule has 3 rings (SSSR count). The van der Waals surface area contributed by atoms with Gasteiger partial charge in [-0.25, -0.2) is 4.98 Å². The number of nitrogens with zero attached hydrogens (tertiary/aromatic N) is 3. The average molecular weight is 291 g/mol. The molecule has 21 heavy (non-hydrogen) atoms. The van der Waals surface area contributed by atoms with Crippen molar-refractivity contribution in [1.82, 2.24) is 20.1 Å². The van der Waals surface area contributed by atoms with E-state index in [2.05, 4.69) is 15.4 Å². The number of rotatable bonds is 4. The number of carbonyl (C=O) groups is 1. The van der Waals surface area contributed by atoms with Gasteiger partial charge >= 0.3 is 0 Å². The minimum atomic E-state index is 0.150. The van der Waals surface area contributed by atoms with Crippen molar-refractivity contribution in [1.29, 1.82) is 0 Å². The highest BCUT2D eigenvalue weighted by atomic mass is 16.1. The molecule has 1 heterocycles. The van der Waals surface area contributed by atoms with Crippen molar-refractivity contribution in [3.05, 3.63) is 12.2 Å². The fourth-order valence-electron chi connectivity index (χ4n) is 3.94. The molecule has 2 atom stereocenters. The number of fused-ring (bicyclic) bond motifs is 2. The molecule has 6 nitrogen and oxygen atoms in total. The number of nitrogens with two attached hydrogens (primary N) is 1. The molecule has 2 bridgehead atoms. The van der Waals surface area contributed by atoms with E-state index in [1.54, 1.807) is 11.0 Å². The lowest BCUT2D eigenvalue weighted by molar-refractivity contribution is -0.127. The fraction of sp³-hybridized carbons (Fsp3) is 0.800. The number of aromatic nitrogens is 3. The predicted molar refractivity (Wildman–Crippen MR) is 79.2 cm³/mol. The molecule has 6 heteroatoms. The standard InChI is InChI=1S/C15H25N5O/c1-20-9-18-13(19-20)5-6-17-15(21)12-7-10-3-2-4-11(8-12)14(10)16/h9-12,14H,2-8,16H2,1H3,(H,17,21). The average Bonchev–Trinajstić information content (AvgIpc) is 2.84. The largest absolute Gasteiger partial charge is 0.355 e. The number of amides is 1. The molecule has 0 aliphatic heterocycles. The number of aryl methyl sites for hydroxylation is 1. The molecule has 0 aromatic carbocycles. The Bertz CT molecular complexity index is 486. The van der Waals surface area contributed by atoms with E-state index in [9.17, 15) is 4.79 Å². The lowest BCUT2D eigenvalue weighted by atomic mass is 9.65. The summed E-state index contributed by atoms with van der Waals surface area (Å²) in [4.78, 5) is 16.5. The van der Waals surface area contributed by atoms with Gasteiger partial charge in [0.2, 0.25) is 5.91 Å². The van der Waals surface area contributed by atoms with Gasteiger partial charge < -0.3 is 11.1 Å². The summed E-state index contributed by atoms with van der Waals surface area (Å²) in [5.41, 5.74) is 6.27. The predicted octanol–water partition coefficient (Wildman–Crippen LogP) is 0.627. The van der Waals surface area contributed by atoms with E-state index in [1.165, 1.54) is 19.3 Å². The van der Waals surface area contributed by atoms with Gasteiger partial charge in [-0.1, -0.05) is 6.42 Å². The third-order valence-corrected chi connectivity index (χ3v) is 5.08. The second-order valence-corrected chi connectivity index (χ2v) is 6.57. The van der Waals surface area contributed by atoms with Gasteiger partial charge in [-0.2, -0.15) is 5.10 Å². The van der Waals surface area contributed by atoms with Gasteiger partial charge in [0.15, 0.2) is 5.82 Å². The van der Waals surface area contributed by atoms with Crippen LogP contribution in [0.1, 0.15) is 37.9 Å². The molecule has 2 aliphatic carbocycles. The molecular formula is C15H25N5O. The molecule has 0 spiro atoms. The smallest absolute Gasteiger partial charge is 0.223 e. The summed E-state index contributed by atoms with van der Waals surface area (Å²) in [6.45, 7) is 0.612. The van der Waals surface area contributed by atoms with Crippen molar-refractivity contribution in [2.45, 2.75) is 44.6 Å². The van der Waals surface area contributed by atoms with E-state index < -0.39 is 0 Å². The van der Waals surface area contributed by atoms with E-state index in [0.717, 1.165) is 18.7 Å². The summed E-state index contributed by atoms with van der Waals surface area (Å²) < 4.78 is 1.68. The maximum absolute atomic E-state index is 12.3. The van der Waals surface area contributed by atoms with Crippen molar-refractivity contribution in [2.75, 3.05) is 6.54 Å². The first-order valence-corrected chi connectivity index (χ1v) is 8.01. The molecule has 1 amide bonds. The van der Waals surface area contributed by atoms with Gasteiger partial charge in [0.25, 0.3) is 0 Å². The van der Waals surface area contributed by atoms with Gasteiger partial charge in [0.05, 0.1) is 0 Å². The summed E-state index contributed by atoms with van der Waals surface area (Å²) in [5.74, 6) is 2.21. The zero-order chi connectivity index (χ0) is 14.8. The van der Waals surface area contributed by atoms with E-state index in [4.69, 9.17) is 5.73 Å². The first kappa shape index (κ1) is 14.5. The van der Waals surface area contributed by atoms with Crippen LogP contribution >= 0.6 is 0 Å². The maximum Gasteiger partial charge on any atom is 0.223 e. The molecule has 2 unspecified atom stereocenters. The van der Waals surface area contributed by atoms with Gasteiger partial charge in [-0.15, -0.1) is 0 Å². The molecular weight excluding hydrogens is 266 g/mol. The summed E-state index contributed by atoms with van der Waals surface area (Å²) in [6, 6.07) is 0.320. The maximum atomic E-state index is 12.3. The summed E-state index contributed by atoms with van der Waals surface area (Å²) in [6.07, 6.45) is 7.96. The van der Waals surface area contributed by atoms with Crippen LogP contribution in [-0.2, 0) is 18.3 Å². The van der Waals surface area contributed by atoms with Crippen molar-refractivity contribution in [2.24, 2.45) is 30.5 Å². The highest BCUT2D eigenvalue weighted by Gasteiger charge is 2.40. The Hall–Kier alpha value is -1.43. The normalized spacial score (nSPS) is 31.9. The SMILES string of the molecule is Cn1cnc(CCNC(=O)C2CC3CCCC(C2)C3N)n1. The van der Waals surface area contributed by atoms with Crippen LogP contribution in [0.5, 0.6) is 0 Å². The molecule has 1 aromatic heterocycles. The Balaban J connectivity index is 1.47. The molecule has 2 fully saturated rings. The van der Waals surface area contributed by atoms with E-state index in [-0.39, 0.29) is 11.8 Å². The van der Waals surface area contributed by atoms with Crippen LogP contribution in [0.15, 0.2) is 6.33 Å². The van der Waals surface area contributed by atoms with Crippen LogP contribution in [-0.4, -0.2) is 33.3 Å². The van der Waals surface area contributed by atoms with Crippen LogP contribution < -0.4 is 11.1 Å². The summed E-state index contributed by atoms with van der Waals surface area (Å²) >= 11 is 0. The Morgan fingerprint density at radius 2 is 2.14 bits per heavy atom. The third-order valence-electron chi connectivity index (χ3n) is 5.08. The van der Waals surface area contributed by atoms with Crippen LogP contribution in [0, 0.1) is 17.8 Å². The van der Waals surface area contributed by atoms with E-state index in [0.29, 0.717) is 30.8 Å². The Morgan fingerprint density at radius 1 is 1.43 bits per heavy atom. The number of hydrogen-bond acceptors (Lipinski definition) is 4. The molecule has 0 radical (unpaired) electrons. The monoisotopic (exact) mass is 291 g/mol. The minimum Gasteiger partial charge on any atom is -0.355 e. The van der Waals surface area contributed by atoms with Gasteiger partial charge in [-0.3, -0.25) is 9.48 Å². The van der Waals surface area contributed by atoms with Gasteiger partial charge in [0.1, 0.15) is 6.33 Å². The zero-order valence-electron chi connectivity index (χ0n) is 12.7. The lowest BCUT2D eigenvalue weighted by Crippen LogP contribution is -2.49. The number of carbonyl (C=O) groups excluding carboxylic acids is 1. The number of nitrogens with one attached hydrogen (secondary N) is 1. The zero-order valence-corrected chi connectivity index (χ0v) is 12.7. The van der Waals surface area contributed by atoms with E-state index in [1.807, 2.05) is 7.05 Å².